The zero-order valence-corrected chi connectivity index (χ0v) is 11.2. The molecule has 0 amide bonds. The fraction of sp³-hybridized carbons (Fsp3) is 0.571. The predicted molar refractivity (Wildman–Crippen MR) is 73.2 cm³/mol. The highest BCUT2D eigenvalue weighted by molar-refractivity contribution is 5.45. The van der Waals surface area contributed by atoms with Gasteiger partial charge < -0.3 is 15.7 Å². The topological polar surface area (TPSA) is 49.5 Å². The molecule has 3 N–H and O–H groups in total. The quantitative estimate of drug-likeness (QED) is 0.784. The lowest BCUT2D eigenvalue weighted by molar-refractivity contribution is 0.181. The highest BCUT2D eigenvalue weighted by atomic mass is 19.1. The van der Waals surface area contributed by atoms with Crippen LogP contribution in [0.2, 0.25) is 0 Å². The lowest BCUT2D eigenvalue weighted by Gasteiger charge is -2.27. The van der Waals surface area contributed by atoms with Crippen molar-refractivity contribution in [2.45, 2.75) is 31.7 Å². The summed E-state index contributed by atoms with van der Waals surface area (Å²) in [5.74, 6) is -0.223. The van der Waals surface area contributed by atoms with Crippen LogP contribution in [0.1, 0.15) is 26.2 Å². The molecule has 0 bridgehead atoms. The normalized spacial score (nSPS) is 14.3. The van der Waals surface area contributed by atoms with Gasteiger partial charge in [-0.25, -0.2) is 4.39 Å². The second-order valence-corrected chi connectivity index (χ2v) is 4.88. The van der Waals surface area contributed by atoms with E-state index in [-0.39, 0.29) is 12.4 Å². The summed E-state index contributed by atoms with van der Waals surface area (Å²) in [7, 11) is 1.97. The Bertz CT molecular complexity index is 349. The molecule has 3 nitrogen and oxygen atoms in total. The average Bonchev–Trinajstić information content (AvgIpc) is 2.39. The Balaban J connectivity index is 2.42. The van der Waals surface area contributed by atoms with Crippen molar-refractivity contribution in [3.05, 3.63) is 30.1 Å². The lowest BCUT2D eigenvalue weighted by Crippen LogP contribution is -2.43. The Kier molecular flexibility index (Phi) is 5.56. The van der Waals surface area contributed by atoms with Gasteiger partial charge in [-0.15, -0.1) is 0 Å². The summed E-state index contributed by atoms with van der Waals surface area (Å²) in [4.78, 5) is 2.06. The third kappa shape index (κ3) is 4.27. The highest BCUT2D eigenvalue weighted by Crippen LogP contribution is 2.17. The molecule has 0 spiro atoms. The van der Waals surface area contributed by atoms with E-state index in [4.69, 9.17) is 5.73 Å². The summed E-state index contributed by atoms with van der Waals surface area (Å²) in [6, 6.07) is 6.44. The van der Waals surface area contributed by atoms with Crippen LogP contribution in [-0.2, 0) is 0 Å². The maximum atomic E-state index is 12.8. The number of rotatable bonds is 7. The van der Waals surface area contributed by atoms with E-state index in [9.17, 15) is 9.50 Å². The number of hydrogen-bond acceptors (Lipinski definition) is 3. The average molecular weight is 254 g/mol. The standard InChI is InChI=1S/C14H23FN2O/c1-3-14(16,11-18)9-4-10-17(2)13-7-5-12(15)6-8-13/h5-8,18H,3-4,9-11,16H2,1-2H3. The van der Waals surface area contributed by atoms with Crippen LogP contribution >= 0.6 is 0 Å². The minimum Gasteiger partial charge on any atom is -0.394 e. The van der Waals surface area contributed by atoms with Gasteiger partial charge in [0.15, 0.2) is 0 Å². The van der Waals surface area contributed by atoms with Crippen molar-refractivity contribution in [2.75, 3.05) is 25.1 Å². The van der Waals surface area contributed by atoms with Gasteiger partial charge in [0.25, 0.3) is 0 Å². The number of halogens is 1. The summed E-state index contributed by atoms with van der Waals surface area (Å²) in [6.45, 7) is 2.84. The van der Waals surface area contributed by atoms with Crippen molar-refractivity contribution >= 4 is 5.69 Å². The molecule has 4 heteroatoms. The van der Waals surface area contributed by atoms with Crippen molar-refractivity contribution in [1.82, 2.24) is 0 Å². The number of benzene rings is 1. The molecule has 1 unspecified atom stereocenters. The molecule has 0 aliphatic carbocycles. The zero-order chi connectivity index (χ0) is 13.6. The molecule has 1 aromatic carbocycles. The van der Waals surface area contributed by atoms with E-state index in [1.807, 2.05) is 14.0 Å². The van der Waals surface area contributed by atoms with E-state index in [2.05, 4.69) is 4.90 Å². The fourth-order valence-electron chi connectivity index (χ4n) is 1.86. The van der Waals surface area contributed by atoms with Crippen LogP contribution in [0.4, 0.5) is 10.1 Å². The van der Waals surface area contributed by atoms with E-state index < -0.39 is 5.54 Å². The number of aliphatic hydroxyl groups is 1. The van der Waals surface area contributed by atoms with Gasteiger partial charge >= 0.3 is 0 Å². The molecule has 0 aliphatic heterocycles. The zero-order valence-electron chi connectivity index (χ0n) is 11.2. The first-order valence-corrected chi connectivity index (χ1v) is 6.37. The number of anilines is 1. The molecule has 1 atom stereocenters. The Labute approximate surface area is 108 Å². The van der Waals surface area contributed by atoms with Gasteiger partial charge in [0, 0.05) is 24.8 Å². The molecule has 0 heterocycles. The monoisotopic (exact) mass is 254 g/mol. The molecule has 0 aliphatic rings. The van der Waals surface area contributed by atoms with Gasteiger partial charge in [-0.3, -0.25) is 0 Å². The SMILES string of the molecule is CCC(N)(CO)CCCN(C)c1ccc(F)cc1. The fourth-order valence-corrected chi connectivity index (χ4v) is 1.86. The smallest absolute Gasteiger partial charge is 0.123 e. The summed E-state index contributed by atoms with van der Waals surface area (Å²) >= 11 is 0. The maximum absolute atomic E-state index is 12.8. The molecule has 102 valence electrons. The van der Waals surface area contributed by atoms with Crippen LogP contribution in [0.5, 0.6) is 0 Å². The van der Waals surface area contributed by atoms with E-state index in [1.165, 1.54) is 12.1 Å². The number of aliphatic hydroxyl groups excluding tert-OH is 1. The molecule has 0 saturated carbocycles. The van der Waals surface area contributed by atoms with Crippen LogP contribution < -0.4 is 10.6 Å². The summed E-state index contributed by atoms with van der Waals surface area (Å²) in [5.41, 5.74) is 6.54. The third-order valence-electron chi connectivity index (χ3n) is 3.45. The lowest BCUT2D eigenvalue weighted by atomic mass is 9.92. The predicted octanol–water partition coefficient (Wildman–Crippen LogP) is 2.14. The molecule has 0 saturated heterocycles. The molecular weight excluding hydrogens is 231 g/mol. The van der Waals surface area contributed by atoms with E-state index in [0.717, 1.165) is 31.5 Å². The highest BCUT2D eigenvalue weighted by Gasteiger charge is 2.20. The number of hydrogen-bond donors (Lipinski definition) is 2. The third-order valence-corrected chi connectivity index (χ3v) is 3.45. The van der Waals surface area contributed by atoms with Crippen LogP contribution in [-0.4, -0.2) is 30.8 Å². The summed E-state index contributed by atoms with van der Waals surface area (Å²) in [5, 5.41) is 9.22. The Morgan fingerprint density at radius 1 is 1.33 bits per heavy atom. The maximum Gasteiger partial charge on any atom is 0.123 e. The molecule has 1 aromatic rings. The molecule has 0 aromatic heterocycles. The van der Waals surface area contributed by atoms with Crippen LogP contribution in [0.3, 0.4) is 0 Å². The molecule has 18 heavy (non-hydrogen) atoms. The first kappa shape index (κ1) is 14.9. The minimum absolute atomic E-state index is 0.0176. The van der Waals surface area contributed by atoms with Crippen molar-refractivity contribution in [2.24, 2.45) is 5.73 Å². The van der Waals surface area contributed by atoms with Gasteiger partial charge in [0.05, 0.1) is 6.61 Å². The Morgan fingerprint density at radius 2 is 1.94 bits per heavy atom. The largest absolute Gasteiger partial charge is 0.394 e. The van der Waals surface area contributed by atoms with Crippen LogP contribution in [0.25, 0.3) is 0 Å². The van der Waals surface area contributed by atoms with Gasteiger partial charge in [-0.05, 0) is 43.5 Å². The van der Waals surface area contributed by atoms with Crippen molar-refractivity contribution in [1.29, 1.82) is 0 Å². The minimum atomic E-state index is -0.469. The number of nitrogens with zero attached hydrogens (tertiary/aromatic N) is 1. The van der Waals surface area contributed by atoms with E-state index in [1.54, 1.807) is 12.1 Å². The van der Waals surface area contributed by atoms with Gasteiger partial charge in [0.2, 0.25) is 0 Å². The van der Waals surface area contributed by atoms with Gasteiger partial charge in [-0.1, -0.05) is 6.92 Å². The van der Waals surface area contributed by atoms with E-state index in [0.29, 0.717) is 0 Å². The van der Waals surface area contributed by atoms with Crippen molar-refractivity contribution in [3.8, 4) is 0 Å². The van der Waals surface area contributed by atoms with Crippen LogP contribution in [0.15, 0.2) is 24.3 Å². The van der Waals surface area contributed by atoms with Crippen molar-refractivity contribution in [3.63, 3.8) is 0 Å². The van der Waals surface area contributed by atoms with Crippen LogP contribution in [0, 0.1) is 5.82 Å². The Hall–Kier alpha value is -1.13. The second-order valence-electron chi connectivity index (χ2n) is 4.88. The van der Waals surface area contributed by atoms with E-state index >= 15 is 0 Å². The second kappa shape index (κ2) is 6.71. The number of nitrogens with two attached hydrogens (primary N) is 1. The van der Waals surface area contributed by atoms with Crippen molar-refractivity contribution < 1.29 is 9.50 Å². The molecule has 0 fully saturated rings. The molecular formula is C14H23FN2O. The van der Waals surface area contributed by atoms with Gasteiger partial charge in [0.1, 0.15) is 5.82 Å². The first-order chi connectivity index (χ1) is 8.50. The first-order valence-electron chi connectivity index (χ1n) is 6.37. The summed E-state index contributed by atoms with van der Waals surface area (Å²) in [6.07, 6.45) is 2.45. The Morgan fingerprint density at radius 3 is 2.44 bits per heavy atom. The van der Waals surface area contributed by atoms with Gasteiger partial charge in [-0.2, -0.15) is 0 Å². The molecule has 0 radical (unpaired) electrons. The molecule has 1 rings (SSSR count). The summed E-state index contributed by atoms with van der Waals surface area (Å²) < 4.78 is 12.8.